The molecule has 0 aromatic heterocycles. The zero-order valence-corrected chi connectivity index (χ0v) is 42.9. The number of carboxylic acids is 3. The van der Waals surface area contributed by atoms with Gasteiger partial charge in [0, 0.05) is 130 Å². The Kier molecular flexibility index (Phi) is 30.4. The molecule has 0 aliphatic heterocycles. The van der Waals surface area contributed by atoms with Crippen molar-refractivity contribution < 1.29 is 77.6 Å². The van der Waals surface area contributed by atoms with Gasteiger partial charge < -0.3 is 38.3 Å². The maximum Gasteiger partial charge on any atom is 0.304 e. The maximum atomic E-state index is 13.9. The number of nitrogens with two attached hydrogens (primary N) is 4. The number of ketones is 10. The summed E-state index contributed by atoms with van der Waals surface area (Å²) >= 11 is 0. The van der Waals surface area contributed by atoms with Crippen LogP contribution in [0.15, 0.2) is 9.98 Å². The summed E-state index contributed by atoms with van der Waals surface area (Å²) in [5.41, 5.74) is 21.8. The minimum Gasteiger partial charge on any atom is -0.481 e. The summed E-state index contributed by atoms with van der Waals surface area (Å²) in [6, 6.07) is 0. The summed E-state index contributed by atoms with van der Waals surface area (Å²) < 4.78 is 0. The molecule has 10 unspecified atom stereocenters. The van der Waals surface area contributed by atoms with Crippen LogP contribution in [0.1, 0.15) is 151 Å². The van der Waals surface area contributed by atoms with Crippen LogP contribution < -0.4 is 22.9 Å². The van der Waals surface area contributed by atoms with Crippen LogP contribution >= 0.6 is 0 Å². The average molecular weight is 1020 g/mol. The second kappa shape index (κ2) is 33.3. The molecule has 22 heteroatoms. The van der Waals surface area contributed by atoms with Gasteiger partial charge in [-0.25, -0.2) is 0 Å². The molecule has 22 nitrogen and oxygen atoms in total. The van der Waals surface area contributed by atoms with Gasteiger partial charge in [-0.05, 0) is 32.6 Å². The van der Waals surface area contributed by atoms with Gasteiger partial charge in [0.25, 0.3) is 0 Å². The van der Waals surface area contributed by atoms with Crippen LogP contribution in [0.25, 0.3) is 0 Å². The van der Waals surface area contributed by atoms with E-state index in [4.69, 9.17) is 28.0 Å². The SMILES string of the molecule is CC(=O)C(C)CC(=O)C(CC(=O)O)CC(=O)C(C)CC(=O)C(CC(=O)O)CC(=O)C(C)CC(=O)C(CCCN=C(N)N)CC(=O)C(C)CC(=O)C(CCCN=C(N)N)CC(=O)C(C)CC(=O)C(C)CC(=O)O. The standard InChI is InChI=1S/C50H78N6O16/c1-26(32(7)57)14-44(65)35(24-47(69)70)22-41(62)30(5)18-45(66)36(25-48(71)72)23-40(61)29(4)17-43(64)34(11-9-13-56-50(53)54)21-39(60)28(3)16-42(63)33(10-8-12-55-49(51)52)20-38(59)27(2)15-37(58)31(6)19-46(67)68/h26-31,33-36H,8-25H2,1-7H3,(H,67,68)(H,69,70)(H,71,72)(H4,51,52,55)(H4,53,54,56). The normalized spacial score (nSPS) is 15.3. The lowest BCUT2D eigenvalue weighted by molar-refractivity contribution is -0.142. The van der Waals surface area contributed by atoms with Crippen molar-refractivity contribution >= 4 is 87.7 Å². The molecule has 0 amide bonds. The zero-order valence-electron chi connectivity index (χ0n) is 42.9. The number of Topliss-reactive ketones (excluding diaryl/α,β-unsaturated/α-hetero) is 10. The highest BCUT2D eigenvalue weighted by atomic mass is 16.4. The Morgan fingerprint density at radius 3 is 0.847 bits per heavy atom. The molecule has 0 radical (unpaired) electrons. The number of nitrogens with zero attached hydrogens (tertiary/aromatic N) is 2. The Morgan fingerprint density at radius 2 is 0.569 bits per heavy atom. The monoisotopic (exact) mass is 1020 g/mol. The second-order valence-electron chi connectivity index (χ2n) is 19.5. The number of aliphatic carboxylic acids is 3. The van der Waals surface area contributed by atoms with Crippen LogP contribution in [0.2, 0.25) is 0 Å². The molecule has 11 N–H and O–H groups in total. The third-order valence-electron chi connectivity index (χ3n) is 12.9. The fraction of sp³-hybridized carbons (Fsp3) is 0.700. The van der Waals surface area contributed by atoms with Gasteiger partial charge in [-0.3, -0.25) is 72.3 Å². The van der Waals surface area contributed by atoms with Crippen molar-refractivity contribution in [3.8, 4) is 0 Å². The van der Waals surface area contributed by atoms with Crippen LogP contribution in [0.4, 0.5) is 0 Å². The molecule has 0 saturated heterocycles. The Balaban J connectivity index is 6.16. The Morgan fingerprint density at radius 1 is 0.333 bits per heavy atom. The van der Waals surface area contributed by atoms with Crippen LogP contribution in [0.3, 0.4) is 0 Å². The third-order valence-corrected chi connectivity index (χ3v) is 12.9. The summed E-state index contributed by atoms with van der Waals surface area (Å²) in [4.78, 5) is 174. The van der Waals surface area contributed by atoms with Crippen molar-refractivity contribution in [1.29, 1.82) is 0 Å². The highest BCUT2D eigenvalue weighted by Crippen LogP contribution is 2.28. The molecule has 72 heavy (non-hydrogen) atoms. The van der Waals surface area contributed by atoms with Gasteiger partial charge in [0.05, 0.1) is 19.3 Å². The van der Waals surface area contributed by atoms with Gasteiger partial charge in [0.1, 0.15) is 57.8 Å². The van der Waals surface area contributed by atoms with Gasteiger partial charge in [-0.15, -0.1) is 0 Å². The van der Waals surface area contributed by atoms with Crippen molar-refractivity contribution in [2.75, 3.05) is 13.1 Å². The Labute approximate surface area is 420 Å². The number of carbonyl (C=O) groups excluding carboxylic acids is 10. The fourth-order valence-electron chi connectivity index (χ4n) is 7.99. The number of hydrogen-bond acceptors (Lipinski definition) is 15. The first-order valence-electron chi connectivity index (χ1n) is 24.4. The van der Waals surface area contributed by atoms with Crippen LogP contribution in [-0.2, 0) is 62.3 Å². The van der Waals surface area contributed by atoms with Crippen LogP contribution in [0.5, 0.6) is 0 Å². The molecule has 0 aliphatic carbocycles. The van der Waals surface area contributed by atoms with Crippen molar-refractivity contribution in [3.63, 3.8) is 0 Å². The molecule has 0 aromatic carbocycles. The lowest BCUT2D eigenvalue weighted by Gasteiger charge is -2.22. The highest BCUT2D eigenvalue weighted by molar-refractivity contribution is 5.98. The van der Waals surface area contributed by atoms with Gasteiger partial charge in [0.2, 0.25) is 0 Å². The lowest BCUT2D eigenvalue weighted by Crippen LogP contribution is -2.30. The van der Waals surface area contributed by atoms with E-state index in [2.05, 4.69) is 9.98 Å². The summed E-state index contributed by atoms with van der Waals surface area (Å²) in [6.07, 6.45) is -4.61. The smallest absolute Gasteiger partial charge is 0.304 e. The Hall–Kier alpha value is -6.35. The molecule has 404 valence electrons. The van der Waals surface area contributed by atoms with Crippen LogP contribution in [-0.4, -0.2) is 116 Å². The lowest BCUT2D eigenvalue weighted by atomic mass is 9.80. The second-order valence-corrected chi connectivity index (χ2v) is 19.5. The summed E-state index contributed by atoms with van der Waals surface area (Å²) in [5, 5.41) is 28.1. The molecule has 0 heterocycles. The van der Waals surface area contributed by atoms with E-state index in [9.17, 15) is 72.5 Å². The molecule has 0 aromatic rings. The zero-order chi connectivity index (χ0) is 55.6. The van der Waals surface area contributed by atoms with E-state index in [0.717, 1.165) is 0 Å². The first-order valence-corrected chi connectivity index (χ1v) is 24.4. The largest absolute Gasteiger partial charge is 0.481 e. The molecule has 10 atom stereocenters. The molecule has 0 rings (SSSR count). The number of guanidine groups is 2. The number of rotatable bonds is 42. The van der Waals surface area contributed by atoms with E-state index in [1.807, 2.05) is 0 Å². The molecule has 0 aliphatic rings. The highest BCUT2D eigenvalue weighted by Gasteiger charge is 2.35. The van der Waals surface area contributed by atoms with Crippen LogP contribution in [0, 0.1) is 59.2 Å². The number of hydrogen-bond donors (Lipinski definition) is 7. The van der Waals surface area contributed by atoms with Gasteiger partial charge >= 0.3 is 17.9 Å². The predicted molar refractivity (Wildman–Crippen MR) is 263 cm³/mol. The minimum absolute atomic E-state index is 0.0905. The van der Waals surface area contributed by atoms with E-state index in [-0.39, 0.29) is 82.2 Å². The van der Waals surface area contributed by atoms with Crippen molar-refractivity contribution in [2.45, 2.75) is 151 Å². The molecule has 0 saturated carbocycles. The van der Waals surface area contributed by atoms with Gasteiger partial charge in [-0.2, -0.15) is 0 Å². The van der Waals surface area contributed by atoms with E-state index in [1.54, 1.807) is 0 Å². The fourth-order valence-corrected chi connectivity index (χ4v) is 7.99. The summed E-state index contributed by atoms with van der Waals surface area (Å²) in [6.45, 7) is 10.2. The number of aliphatic imine (C=N–C) groups is 2. The van der Waals surface area contributed by atoms with Crippen molar-refractivity contribution in [3.05, 3.63) is 0 Å². The summed E-state index contributed by atoms with van der Waals surface area (Å²) in [7, 11) is 0. The molecular formula is C50H78N6O16. The van der Waals surface area contributed by atoms with E-state index in [0.29, 0.717) is 6.42 Å². The van der Waals surface area contributed by atoms with E-state index >= 15 is 0 Å². The van der Waals surface area contributed by atoms with E-state index < -0.39 is 174 Å². The topological polar surface area (TPSA) is 411 Å². The number of carbonyl (C=O) groups is 13. The molecular weight excluding hydrogens is 941 g/mol. The predicted octanol–water partition coefficient (Wildman–Crippen LogP) is 3.02. The van der Waals surface area contributed by atoms with Crippen molar-refractivity contribution in [1.82, 2.24) is 0 Å². The van der Waals surface area contributed by atoms with E-state index in [1.165, 1.54) is 48.5 Å². The minimum atomic E-state index is -1.42. The average Bonchev–Trinajstić information content (AvgIpc) is 3.26. The van der Waals surface area contributed by atoms with Crippen molar-refractivity contribution in [2.24, 2.45) is 92.1 Å². The van der Waals surface area contributed by atoms with Gasteiger partial charge in [0.15, 0.2) is 11.9 Å². The third kappa shape index (κ3) is 27.3. The first-order chi connectivity index (χ1) is 33.4. The first kappa shape index (κ1) is 65.7. The Bertz CT molecular complexity index is 2040. The molecule has 0 fully saturated rings. The maximum absolute atomic E-state index is 13.9. The summed E-state index contributed by atoms with van der Waals surface area (Å²) in [5.74, 6) is -19.5. The van der Waals surface area contributed by atoms with Gasteiger partial charge in [-0.1, -0.05) is 41.5 Å². The molecule has 0 spiro atoms. The quantitative estimate of drug-likeness (QED) is 0.0262. The number of carboxylic acid groups (broad SMARTS) is 3. The molecule has 0 bridgehead atoms.